The van der Waals surface area contributed by atoms with Crippen LogP contribution in [-0.4, -0.2) is 18.2 Å². The quantitative estimate of drug-likeness (QED) is 0.607. The van der Waals surface area contributed by atoms with Crippen LogP contribution >= 0.6 is 34.8 Å². The van der Waals surface area contributed by atoms with Crippen molar-refractivity contribution < 1.29 is 8.42 Å². The van der Waals surface area contributed by atoms with E-state index in [-0.39, 0.29) is 37.0 Å². The third-order valence-electron chi connectivity index (χ3n) is 3.72. The Kier molecular flexibility index (Phi) is 4.83. The summed E-state index contributed by atoms with van der Waals surface area (Å²) in [5.41, 5.74) is 12.7. The van der Waals surface area contributed by atoms with Crippen molar-refractivity contribution in [3.05, 3.63) is 57.2 Å². The van der Waals surface area contributed by atoms with Gasteiger partial charge in [0.2, 0.25) is 9.84 Å². The summed E-state index contributed by atoms with van der Waals surface area (Å²) in [5.74, 6) is -0.0474. The Bertz CT molecular complexity index is 1110. The number of rotatable bonds is 3. The van der Waals surface area contributed by atoms with Gasteiger partial charge in [0, 0.05) is 5.02 Å². The van der Waals surface area contributed by atoms with Gasteiger partial charge in [-0.25, -0.2) is 13.1 Å². The maximum atomic E-state index is 13.1. The number of benzene rings is 2. The highest BCUT2D eigenvalue weighted by Gasteiger charge is 2.30. The third kappa shape index (κ3) is 3.12. The van der Waals surface area contributed by atoms with Gasteiger partial charge in [-0.2, -0.15) is 5.10 Å². The van der Waals surface area contributed by atoms with E-state index in [1.165, 1.54) is 16.8 Å². The van der Waals surface area contributed by atoms with E-state index in [0.29, 0.717) is 10.7 Å². The van der Waals surface area contributed by atoms with Crippen LogP contribution in [0.25, 0.3) is 5.69 Å². The molecule has 0 aliphatic rings. The number of nitrogens with two attached hydrogens (primary N) is 2. The first kappa shape index (κ1) is 18.8. The SMILES string of the molecule is Cc1nn(-c2ccc(Cl)cc2)c(N)c1S(=O)(=O)c1cc(Cl)c(N)cc1Cl. The number of hydrogen-bond acceptors (Lipinski definition) is 5. The van der Waals surface area contributed by atoms with E-state index in [0.717, 1.165) is 0 Å². The summed E-state index contributed by atoms with van der Waals surface area (Å²) in [6.45, 7) is 1.54. The lowest BCUT2D eigenvalue weighted by atomic mass is 10.3. The molecule has 3 aromatic rings. The molecule has 0 amide bonds. The molecule has 0 spiro atoms. The molecule has 0 radical (unpaired) electrons. The number of aryl methyl sites for hydroxylation is 1. The van der Waals surface area contributed by atoms with Gasteiger partial charge in [0.1, 0.15) is 10.7 Å². The summed E-state index contributed by atoms with van der Waals surface area (Å²) in [6, 6.07) is 9.14. The zero-order valence-electron chi connectivity index (χ0n) is 13.4. The summed E-state index contributed by atoms with van der Waals surface area (Å²) in [6.07, 6.45) is 0. The van der Waals surface area contributed by atoms with Crippen molar-refractivity contribution in [1.82, 2.24) is 9.78 Å². The summed E-state index contributed by atoms with van der Waals surface area (Å²) in [5, 5.41) is 4.80. The normalized spacial score (nSPS) is 11.7. The lowest BCUT2D eigenvalue weighted by Crippen LogP contribution is -2.08. The van der Waals surface area contributed by atoms with Crippen molar-refractivity contribution in [2.45, 2.75) is 16.7 Å². The fraction of sp³-hybridized carbons (Fsp3) is 0.0625. The van der Waals surface area contributed by atoms with Crippen molar-refractivity contribution in [3.8, 4) is 5.69 Å². The molecule has 0 aliphatic heterocycles. The lowest BCUT2D eigenvalue weighted by molar-refractivity contribution is 0.596. The fourth-order valence-electron chi connectivity index (χ4n) is 2.50. The summed E-state index contributed by atoms with van der Waals surface area (Å²) in [7, 11) is -4.07. The molecular formula is C16H13Cl3N4O2S. The predicted molar refractivity (Wildman–Crippen MR) is 104 cm³/mol. The first-order valence-corrected chi connectivity index (χ1v) is 9.85. The van der Waals surface area contributed by atoms with E-state index in [4.69, 9.17) is 46.3 Å². The summed E-state index contributed by atoms with van der Waals surface area (Å²) < 4.78 is 27.6. The summed E-state index contributed by atoms with van der Waals surface area (Å²) in [4.78, 5) is -0.334. The van der Waals surface area contributed by atoms with Gasteiger partial charge < -0.3 is 11.5 Å². The Balaban J connectivity index is 2.21. The van der Waals surface area contributed by atoms with Crippen LogP contribution in [0.15, 0.2) is 46.2 Å². The first-order chi connectivity index (χ1) is 12.1. The van der Waals surface area contributed by atoms with Gasteiger partial charge >= 0.3 is 0 Å². The number of nitrogen functional groups attached to an aromatic ring is 2. The van der Waals surface area contributed by atoms with Gasteiger partial charge in [0.25, 0.3) is 0 Å². The Morgan fingerprint density at radius 2 is 1.62 bits per heavy atom. The van der Waals surface area contributed by atoms with Crippen LogP contribution in [0.1, 0.15) is 5.69 Å². The standard InChI is InChI=1S/C16H13Cl3N4O2S/c1-8-15(16(21)23(22-8)10-4-2-9(17)3-5-10)26(24,25)14-7-11(18)13(20)6-12(14)19/h2-7H,20-21H2,1H3. The minimum atomic E-state index is -4.07. The zero-order chi connectivity index (χ0) is 19.2. The molecule has 136 valence electrons. The molecule has 0 aliphatic carbocycles. The third-order valence-corrected chi connectivity index (χ3v) is 6.68. The highest BCUT2D eigenvalue weighted by Crippen LogP contribution is 2.37. The average molecular weight is 432 g/mol. The molecule has 10 heteroatoms. The van der Waals surface area contributed by atoms with Crippen LogP contribution in [0, 0.1) is 6.92 Å². The van der Waals surface area contributed by atoms with Crippen LogP contribution in [0.5, 0.6) is 0 Å². The number of halogens is 3. The van der Waals surface area contributed by atoms with E-state index in [2.05, 4.69) is 5.10 Å². The van der Waals surface area contributed by atoms with Gasteiger partial charge in [0.15, 0.2) is 0 Å². The Hall–Kier alpha value is -1.93. The van der Waals surface area contributed by atoms with Crippen LogP contribution in [0.4, 0.5) is 11.5 Å². The summed E-state index contributed by atoms with van der Waals surface area (Å²) >= 11 is 17.9. The minimum absolute atomic E-state index is 0.0474. The van der Waals surface area contributed by atoms with Crippen molar-refractivity contribution in [2.75, 3.05) is 11.5 Å². The smallest absolute Gasteiger partial charge is 0.213 e. The maximum absolute atomic E-state index is 13.1. The van der Waals surface area contributed by atoms with E-state index in [1.807, 2.05) is 0 Å². The second-order valence-electron chi connectivity index (χ2n) is 5.50. The maximum Gasteiger partial charge on any atom is 0.213 e. The van der Waals surface area contributed by atoms with Gasteiger partial charge in [-0.1, -0.05) is 34.8 Å². The molecular weight excluding hydrogens is 419 g/mol. The molecule has 0 saturated carbocycles. The topological polar surface area (TPSA) is 104 Å². The molecule has 1 heterocycles. The highest BCUT2D eigenvalue weighted by molar-refractivity contribution is 7.91. The molecule has 0 atom stereocenters. The molecule has 3 rings (SSSR count). The molecule has 0 fully saturated rings. The Morgan fingerprint density at radius 1 is 1.00 bits per heavy atom. The van der Waals surface area contributed by atoms with Crippen LogP contribution < -0.4 is 11.5 Å². The fourth-order valence-corrected chi connectivity index (χ4v) is 4.93. The number of nitrogens with zero attached hydrogens (tertiary/aromatic N) is 2. The molecule has 26 heavy (non-hydrogen) atoms. The van der Waals surface area contributed by atoms with Gasteiger partial charge in [0.05, 0.1) is 32.0 Å². The number of anilines is 2. The van der Waals surface area contributed by atoms with Gasteiger partial charge in [-0.15, -0.1) is 0 Å². The first-order valence-electron chi connectivity index (χ1n) is 7.23. The number of hydrogen-bond donors (Lipinski definition) is 2. The second-order valence-corrected chi connectivity index (χ2v) is 8.60. The second kappa shape index (κ2) is 6.66. The Labute approximate surface area is 165 Å². The monoisotopic (exact) mass is 430 g/mol. The zero-order valence-corrected chi connectivity index (χ0v) is 16.5. The predicted octanol–water partition coefficient (Wildman–Crippen LogP) is 4.14. The molecule has 1 aromatic heterocycles. The molecule has 2 aromatic carbocycles. The molecule has 6 nitrogen and oxygen atoms in total. The van der Waals surface area contributed by atoms with E-state index >= 15 is 0 Å². The number of sulfone groups is 1. The number of aromatic nitrogens is 2. The minimum Gasteiger partial charge on any atom is -0.397 e. The van der Waals surface area contributed by atoms with Crippen LogP contribution in [-0.2, 0) is 9.84 Å². The van der Waals surface area contributed by atoms with Gasteiger partial charge in [-0.05, 0) is 43.3 Å². The average Bonchev–Trinajstić information content (AvgIpc) is 2.86. The van der Waals surface area contributed by atoms with Crippen LogP contribution in [0.3, 0.4) is 0 Å². The van der Waals surface area contributed by atoms with E-state index < -0.39 is 9.84 Å². The largest absolute Gasteiger partial charge is 0.397 e. The van der Waals surface area contributed by atoms with Crippen molar-refractivity contribution >= 4 is 56.1 Å². The van der Waals surface area contributed by atoms with E-state index in [1.54, 1.807) is 31.2 Å². The Morgan fingerprint density at radius 3 is 2.23 bits per heavy atom. The van der Waals surface area contributed by atoms with Crippen LogP contribution in [0.2, 0.25) is 15.1 Å². The van der Waals surface area contributed by atoms with Crippen molar-refractivity contribution in [2.24, 2.45) is 0 Å². The lowest BCUT2D eigenvalue weighted by Gasteiger charge is -2.09. The van der Waals surface area contributed by atoms with Crippen molar-refractivity contribution in [1.29, 1.82) is 0 Å². The molecule has 0 saturated heterocycles. The van der Waals surface area contributed by atoms with Gasteiger partial charge in [-0.3, -0.25) is 0 Å². The molecule has 4 N–H and O–H groups in total. The molecule has 0 bridgehead atoms. The van der Waals surface area contributed by atoms with E-state index in [9.17, 15) is 8.42 Å². The molecule has 0 unspecified atom stereocenters. The highest BCUT2D eigenvalue weighted by atomic mass is 35.5. The van der Waals surface area contributed by atoms with Crippen molar-refractivity contribution in [3.63, 3.8) is 0 Å².